The van der Waals surface area contributed by atoms with E-state index in [2.05, 4.69) is 0 Å². The Kier molecular flexibility index (Phi) is 4.53. The van der Waals surface area contributed by atoms with Gasteiger partial charge in [-0.2, -0.15) is 0 Å². The van der Waals surface area contributed by atoms with Gasteiger partial charge in [0.05, 0.1) is 0 Å². The molecule has 0 bridgehead atoms. The molecule has 0 heterocycles. The van der Waals surface area contributed by atoms with E-state index in [1.807, 2.05) is 19.1 Å². The molecular formula is C12H18O3. The first-order chi connectivity index (χ1) is 7.15. The number of carboxylic acid groups (broad SMARTS) is 1. The van der Waals surface area contributed by atoms with Gasteiger partial charge in [-0.3, -0.25) is 9.59 Å². The Labute approximate surface area is 90.2 Å². The molecule has 0 aromatic carbocycles. The number of ketones is 1. The molecule has 0 unspecified atom stereocenters. The molecule has 0 radical (unpaired) electrons. The van der Waals surface area contributed by atoms with Crippen molar-refractivity contribution in [2.75, 3.05) is 0 Å². The van der Waals surface area contributed by atoms with Crippen molar-refractivity contribution < 1.29 is 14.7 Å². The lowest BCUT2D eigenvalue weighted by atomic mass is 9.92. The molecule has 1 N–H and O–H groups in total. The van der Waals surface area contributed by atoms with Crippen molar-refractivity contribution in [3.05, 3.63) is 12.2 Å². The Balaban J connectivity index is 2.52. The highest BCUT2D eigenvalue weighted by molar-refractivity contribution is 5.84. The molecule has 84 valence electrons. The van der Waals surface area contributed by atoms with E-state index in [0.29, 0.717) is 12.8 Å². The van der Waals surface area contributed by atoms with Gasteiger partial charge in [0.2, 0.25) is 0 Å². The quantitative estimate of drug-likeness (QED) is 0.712. The van der Waals surface area contributed by atoms with Crippen LogP contribution in [0.25, 0.3) is 0 Å². The van der Waals surface area contributed by atoms with Crippen LogP contribution >= 0.6 is 0 Å². The van der Waals surface area contributed by atoms with Crippen LogP contribution in [0.5, 0.6) is 0 Å². The van der Waals surface area contributed by atoms with Gasteiger partial charge in [-0.05, 0) is 25.2 Å². The van der Waals surface area contributed by atoms with E-state index in [1.54, 1.807) is 0 Å². The molecule has 0 spiro atoms. The van der Waals surface area contributed by atoms with Gasteiger partial charge in [-0.1, -0.05) is 19.1 Å². The Morgan fingerprint density at radius 3 is 2.87 bits per heavy atom. The van der Waals surface area contributed by atoms with Gasteiger partial charge in [-0.25, -0.2) is 0 Å². The predicted octanol–water partition coefficient (Wildman–Crippen LogP) is 2.41. The Morgan fingerprint density at radius 1 is 1.53 bits per heavy atom. The third-order valence-corrected chi connectivity index (χ3v) is 2.97. The summed E-state index contributed by atoms with van der Waals surface area (Å²) >= 11 is 0. The minimum Gasteiger partial charge on any atom is -0.481 e. The van der Waals surface area contributed by atoms with Crippen LogP contribution in [0.3, 0.4) is 0 Å². The summed E-state index contributed by atoms with van der Waals surface area (Å²) in [5.41, 5.74) is 0. The van der Waals surface area contributed by atoms with E-state index in [0.717, 1.165) is 12.8 Å². The van der Waals surface area contributed by atoms with E-state index in [9.17, 15) is 9.59 Å². The monoisotopic (exact) mass is 212 g/mol. The van der Waals surface area contributed by atoms with E-state index < -0.39 is 5.97 Å². The molecule has 3 nitrogen and oxygen atoms in total. The smallest absolute Gasteiger partial charge is 0.303 e. The first-order valence-electron chi connectivity index (χ1n) is 5.54. The number of rotatable bonds is 5. The van der Waals surface area contributed by atoms with Crippen molar-refractivity contribution >= 4 is 11.8 Å². The molecule has 1 aliphatic rings. The molecule has 15 heavy (non-hydrogen) atoms. The molecule has 0 aromatic heterocycles. The topological polar surface area (TPSA) is 54.4 Å². The fourth-order valence-corrected chi connectivity index (χ4v) is 2.18. The fourth-order valence-electron chi connectivity index (χ4n) is 2.18. The first kappa shape index (κ1) is 12.0. The number of allylic oxidation sites excluding steroid dienone is 2. The minimum absolute atomic E-state index is 0.0519. The van der Waals surface area contributed by atoms with Crippen LogP contribution in [0.15, 0.2) is 12.2 Å². The van der Waals surface area contributed by atoms with E-state index in [4.69, 9.17) is 5.11 Å². The van der Waals surface area contributed by atoms with Crippen LogP contribution in [0.1, 0.15) is 39.0 Å². The summed E-state index contributed by atoms with van der Waals surface area (Å²) < 4.78 is 0. The SMILES string of the molecule is CC/C=C\C[C@H]1C(=O)CC[C@@H]1C[14C](=O)O. The number of hydrogen-bond donors (Lipinski definition) is 1. The number of aliphatic carboxylic acids is 1. The van der Waals surface area contributed by atoms with Crippen molar-refractivity contribution in [1.82, 2.24) is 0 Å². The van der Waals surface area contributed by atoms with Gasteiger partial charge >= 0.3 is 5.97 Å². The summed E-state index contributed by atoms with van der Waals surface area (Å²) in [5.74, 6) is -0.554. The average molecular weight is 212 g/mol. The van der Waals surface area contributed by atoms with E-state index >= 15 is 0 Å². The van der Waals surface area contributed by atoms with Crippen LogP contribution in [0, 0.1) is 11.8 Å². The largest absolute Gasteiger partial charge is 0.481 e. The van der Waals surface area contributed by atoms with Gasteiger partial charge in [0.1, 0.15) is 5.78 Å². The zero-order valence-electron chi connectivity index (χ0n) is 9.11. The second-order valence-electron chi connectivity index (χ2n) is 4.08. The van der Waals surface area contributed by atoms with Crippen LogP contribution in [-0.2, 0) is 9.59 Å². The highest BCUT2D eigenvalue weighted by Crippen LogP contribution is 2.33. The molecule has 0 amide bonds. The third kappa shape index (κ3) is 3.50. The standard InChI is InChI=1S/C12H18O3/c1-2-3-4-5-10-9(8-12(14)15)6-7-11(10)13/h3-4,9-10H,2,5-8H2,1H3,(H,14,15)/b4-3-/t9-,10-/m1/s1/i12+2. The molecule has 2 atom stereocenters. The van der Waals surface area contributed by atoms with Crippen LogP contribution in [0.4, 0.5) is 0 Å². The summed E-state index contributed by atoms with van der Waals surface area (Å²) in [4.78, 5) is 22.1. The number of carboxylic acids is 1. The molecule has 3 heteroatoms. The second-order valence-corrected chi connectivity index (χ2v) is 4.08. The molecule has 0 saturated heterocycles. The Hall–Kier alpha value is -1.12. The lowest BCUT2D eigenvalue weighted by Gasteiger charge is -2.14. The molecule has 0 aliphatic heterocycles. The number of hydrogen-bond acceptors (Lipinski definition) is 2. The molecule has 1 rings (SSSR count). The molecule has 1 saturated carbocycles. The molecule has 0 aromatic rings. The summed E-state index contributed by atoms with van der Waals surface area (Å²) in [6.45, 7) is 2.04. The van der Waals surface area contributed by atoms with Gasteiger partial charge in [0.15, 0.2) is 0 Å². The van der Waals surface area contributed by atoms with Crippen molar-refractivity contribution in [3.8, 4) is 0 Å². The molecule has 1 fully saturated rings. The average Bonchev–Trinajstić information content (AvgIpc) is 2.49. The highest BCUT2D eigenvalue weighted by atomic mass is 16.6. The lowest BCUT2D eigenvalue weighted by Crippen LogP contribution is -2.17. The van der Waals surface area contributed by atoms with E-state index in [-0.39, 0.29) is 24.0 Å². The van der Waals surface area contributed by atoms with E-state index in [1.165, 1.54) is 0 Å². The van der Waals surface area contributed by atoms with Crippen LogP contribution in [-0.4, -0.2) is 16.9 Å². The van der Waals surface area contributed by atoms with Gasteiger partial charge in [0, 0.05) is 18.8 Å². The maximum atomic E-state index is 11.5. The van der Waals surface area contributed by atoms with Gasteiger partial charge < -0.3 is 5.11 Å². The third-order valence-electron chi connectivity index (χ3n) is 2.97. The van der Waals surface area contributed by atoms with Gasteiger partial charge in [0.25, 0.3) is 0 Å². The van der Waals surface area contributed by atoms with Crippen molar-refractivity contribution in [3.63, 3.8) is 0 Å². The normalized spacial score (nSPS) is 26.3. The summed E-state index contributed by atoms with van der Waals surface area (Å²) in [5, 5.41) is 8.72. The lowest BCUT2D eigenvalue weighted by molar-refractivity contribution is -0.138. The van der Waals surface area contributed by atoms with Crippen molar-refractivity contribution in [1.29, 1.82) is 0 Å². The minimum atomic E-state index is -0.792. The van der Waals surface area contributed by atoms with Crippen molar-refractivity contribution in [2.24, 2.45) is 11.8 Å². The predicted molar refractivity (Wildman–Crippen MR) is 57.5 cm³/mol. The number of carbonyl (C=O) groups is 2. The Bertz CT molecular complexity index is 268. The molecular weight excluding hydrogens is 194 g/mol. The summed E-state index contributed by atoms with van der Waals surface area (Å²) in [7, 11) is 0. The number of Topliss-reactive ketones (excluding diaryl/α,β-unsaturated/α-hetero) is 1. The summed E-state index contributed by atoms with van der Waals surface area (Å²) in [6.07, 6.45) is 7.15. The summed E-state index contributed by atoms with van der Waals surface area (Å²) in [6, 6.07) is 0. The van der Waals surface area contributed by atoms with Gasteiger partial charge in [-0.15, -0.1) is 0 Å². The molecule has 1 aliphatic carbocycles. The van der Waals surface area contributed by atoms with Crippen LogP contribution < -0.4 is 0 Å². The maximum Gasteiger partial charge on any atom is 0.303 e. The Morgan fingerprint density at radius 2 is 2.27 bits per heavy atom. The number of carbonyl (C=O) groups excluding carboxylic acids is 1. The highest BCUT2D eigenvalue weighted by Gasteiger charge is 2.34. The zero-order chi connectivity index (χ0) is 11.3. The zero-order valence-corrected chi connectivity index (χ0v) is 9.11. The van der Waals surface area contributed by atoms with Crippen LogP contribution in [0.2, 0.25) is 0 Å². The van der Waals surface area contributed by atoms with Crippen molar-refractivity contribution in [2.45, 2.75) is 39.0 Å². The fraction of sp³-hybridized carbons (Fsp3) is 0.667. The first-order valence-corrected chi connectivity index (χ1v) is 5.54. The second kappa shape index (κ2) is 5.69. The maximum absolute atomic E-state index is 11.5.